The molecule has 0 atom stereocenters. The Hall–Kier alpha value is -1.87. The third-order valence-corrected chi connectivity index (χ3v) is 3.74. The summed E-state index contributed by atoms with van der Waals surface area (Å²) in [4.78, 5) is 0. The zero-order valence-corrected chi connectivity index (χ0v) is 10.5. The highest BCUT2D eigenvalue weighted by atomic mass is 32.1. The molecule has 3 rings (SSSR count). The molecule has 90 valence electrons. The number of nitrogens with one attached hydrogen (secondary N) is 1. The van der Waals surface area contributed by atoms with Crippen molar-refractivity contribution in [2.75, 3.05) is 5.32 Å². The summed E-state index contributed by atoms with van der Waals surface area (Å²) in [6.07, 6.45) is 0. The first-order valence-electron chi connectivity index (χ1n) is 5.77. The second-order valence-corrected chi connectivity index (χ2v) is 5.10. The van der Waals surface area contributed by atoms with Gasteiger partial charge >= 0.3 is 0 Å². The van der Waals surface area contributed by atoms with Crippen LogP contribution in [0.4, 0.5) is 10.1 Å². The molecule has 1 nitrogen and oxygen atoms in total. The molecule has 0 saturated carbocycles. The van der Waals surface area contributed by atoms with Gasteiger partial charge < -0.3 is 5.32 Å². The van der Waals surface area contributed by atoms with E-state index < -0.39 is 0 Å². The van der Waals surface area contributed by atoms with Crippen LogP contribution < -0.4 is 5.32 Å². The van der Waals surface area contributed by atoms with Gasteiger partial charge in [-0.1, -0.05) is 12.1 Å². The average Bonchev–Trinajstić information content (AvgIpc) is 2.84. The highest BCUT2D eigenvalue weighted by Gasteiger charge is 1.98. The van der Waals surface area contributed by atoms with Gasteiger partial charge in [-0.3, -0.25) is 0 Å². The minimum absolute atomic E-state index is 0.192. The number of halogens is 1. The van der Waals surface area contributed by atoms with E-state index in [0.29, 0.717) is 6.54 Å². The van der Waals surface area contributed by atoms with E-state index in [2.05, 4.69) is 35.0 Å². The molecule has 0 radical (unpaired) electrons. The summed E-state index contributed by atoms with van der Waals surface area (Å²) in [7, 11) is 0. The molecule has 0 aliphatic carbocycles. The van der Waals surface area contributed by atoms with Gasteiger partial charge in [0.1, 0.15) is 5.82 Å². The van der Waals surface area contributed by atoms with Crippen LogP contribution in [0.3, 0.4) is 0 Å². The summed E-state index contributed by atoms with van der Waals surface area (Å²) in [6.45, 7) is 0.632. The Labute approximate surface area is 109 Å². The van der Waals surface area contributed by atoms with Crippen LogP contribution in [0.2, 0.25) is 0 Å². The van der Waals surface area contributed by atoms with E-state index in [1.807, 2.05) is 6.07 Å². The van der Waals surface area contributed by atoms with Crippen LogP contribution in [-0.2, 0) is 6.54 Å². The zero-order valence-electron chi connectivity index (χ0n) is 9.69. The van der Waals surface area contributed by atoms with Crippen LogP contribution in [0.15, 0.2) is 53.9 Å². The van der Waals surface area contributed by atoms with Crippen LogP contribution in [0.25, 0.3) is 10.1 Å². The molecule has 18 heavy (non-hydrogen) atoms. The van der Waals surface area contributed by atoms with Gasteiger partial charge in [0.05, 0.1) is 0 Å². The number of anilines is 1. The Bertz CT molecular complexity index is 675. The minimum atomic E-state index is -0.192. The Morgan fingerprint density at radius 1 is 1.06 bits per heavy atom. The molecule has 2 aromatic carbocycles. The summed E-state index contributed by atoms with van der Waals surface area (Å²) in [6, 6.07) is 15.0. The lowest BCUT2D eigenvalue weighted by Crippen LogP contribution is -1.99. The molecule has 0 spiro atoms. The van der Waals surface area contributed by atoms with E-state index in [1.54, 1.807) is 23.5 Å². The second-order valence-electron chi connectivity index (χ2n) is 4.16. The lowest BCUT2D eigenvalue weighted by atomic mass is 10.2. The molecule has 3 aromatic rings. The SMILES string of the molecule is Fc1cccc(CNc2ccc3sccc3c2)c1. The summed E-state index contributed by atoms with van der Waals surface area (Å²) in [5, 5.41) is 6.63. The van der Waals surface area contributed by atoms with Crippen LogP contribution in [0.5, 0.6) is 0 Å². The fourth-order valence-corrected chi connectivity index (χ4v) is 2.70. The smallest absolute Gasteiger partial charge is 0.123 e. The molecule has 0 aliphatic heterocycles. The van der Waals surface area contributed by atoms with Crippen molar-refractivity contribution >= 4 is 27.1 Å². The maximum Gasteiger partial charge on any atom is 0.123 e. The molecule has 0 amide bonds. The molecule has 0 bridgehead atoms. The van der Waals surface area contributed by atoms with Gasteiger partial charge in [0.25, 0.3) is 0 Å². The van der Waals surface area contributed by atoms with Gasteiger partial charge in [-0.2, -0.15) is 0 Å². The molecule has 3 heteroatoms. The van der Waals surface area contributed by atoms with Crippen molar-refractivity contribution in [3.63, 3.8) is 0 Å². The molecule has 1 heterocycles. The highest BCUT2D eigenvalue weighted by Crippen LogP contribution is 2.24. The zero-order chi connectivity index (χ0) is 12.4. The lowest BCUT2D eigenvalue weighted by molar-refractivity contribution is 0.626. The van der Waals surface area contributed by atoms with Gasteiger partial charge in [0.2, 0.25) is 0 Å². The third kappa shape index (κ3) is 2.36. The largest absolute Gasteiger partial charge is 0.381 e. The number of hydrogen-bond donors (Lipinski definition) is 1. The molecule has 0 saturated heterocycles. The summed E-state index contributed by atoms with van der Waals surface area (Å²) in [5.41, 5.74) is 2.01. The Kier molecular flexibility index (Phi) is 2.99. The first-order chi connectivity index (χ1) is 8.81. The van der Waals surface area contributed by atoms with E-state index in [1.165, 1.54) is 16.2 Å². The number of rotatable bonds is 3. The number of benzene rings is 2. The van der Waals surface area contributed by atoms with Crippen molar-refractivity contribution in [1.82, 2.24) is 0 Å². The number of hydrogen-bond acceptors (Lipinski definition) is 2. The maximum absolute atomic E-state index is 13.0. The Balaban J connectivity index is 1.76. The van der Waals surface area contributed by atoms with Gasteiger partial charge in [-0.25, -0.2) is 4.39 Å². The second kappa shape index (κ2) is 4.78. The molecule has 0 fully saturated rings. The van der Waals surface area contributed by atoms with Crippen molar-refractivity contribution < 1.29 is 4.39 Å². The standard InChI is InChI=1S/C15H12FNS/c16-13-3-1-2-11(8-13)10-17-14-4-5-15-12(9-14)6-7-18-15/h1-9,17H,10H2. The van der Waals surface area contributed by atoms with E-state index >= 15 is 0 Å². The molecule has 0 aliphatic rings. The van der Waals surface area contributed by atoms with E-state index in [4.69, 9.17) is 0 Å². The minimum Gasteiger partial charge on any atom is -0.381 e. The van der Waals surface area contributed by atoms with Gasteiger partial charge in [0, 0.05) is 16.9 Å². The summed E-state index contributed by atoms with van der Waals surface area (Å²) >= 11 is 1.74. The first-order valence-corrected chi connectivity index (χ1v) is 6.65. The quantitative estimate of drug-likeness (QED) is 0.720. The molecular weight excluding hydrogens is 245 g/mol. The van der Waals surface area contributed by atoms with Crippen molar-refractivity contribution in [3.8, 4) is 0 Å². The fraction of sp³-hybridized carbons (Fsp3) is 0.0667. The van der Waals surface area contributed by atoms with E-state index in [9.17, 15) is 4.39 Å². The van der Waals surface area contributed by atoms with Crippen molar-refractivity contribution in [1.29, 1.82) is 0 Å². The monoisotopic (exact) mass is 257 g/mol. The van der Waals surface area contributed by atoms with Gasteiger partial charge in [-0.05, 0) is 52.7 Å². The number of fused-ring (bicyclic) bond motifs is 1. The molecule has 0 unspecified atom stereocenters. The highest BCUT2D eigenvalue weighted by molar-refractivity contribution is 7.17. The maximum atomic E-state index is 13.0. The van der Waals surface area contributed by atoms with Crippen LogP contribution in [0.1, 0.15) is 5.56 Å². The summed E-state index contributed by atoms with van der Waals surface area (Å²) < 4.78 is 14.3. The Morgan fingerprint density at radius 2 is 2.00 bits per heavy atom. The Morgan fingerprint density at radius 3 is 2.89 bits per heavy atom. The fourth-order valence-electron chi connectivity index (χ4n) is 1.93. The van der Waals surface area contributed by atoms with Crippen molar-refractivity contribution in [2.45, 2.75) is 6.54 Å². The number of thiophene rings is 1. The van der Waals surface area contributed by atoms with Crippen LogP contribution in [-0.4, -0.2) is 0 Å². The topological polar surface area (TPSA) is 12.0 Å². The van der Waals surface area contributed by atoms with Gasteiger partial charge in [-0.15, -0.1) is 11.3 Å². The van der Waals surface area contributed by atoms with Crippen LogP contribution >= 0.6 is 11.3 Å². The van der Waals surface area contributed by atoms with E-state index in [0.717, 1.165) is 11.3 Å². The lowest BCUT2D eigenvalue weighted by Gasteiger charge is -2.06. The molecular formula is C15H12FNS. The summed E-state index contributed by atoms with van der Waals surface area (Å²) in [5.74, 6) is -0.192. The normalized spacial score (nSPS) is 10.7. The molecule has 1 aromatic heterocycles. The van der Waals surface area contributed by atoms with E-state index in [-0.39, 0.29) is 5.82 Å². The first kappa shape index (κ1) is 11.2. The van der Waals surface area contributed by atoms with Gasteiger partial charge in [0.15, 0.2) is 0 Å². The predicted octanol–water partition coefficient (Wildman–Crippen LogP) is 4.65. The average molecular weight is 257 g/mol. The third-order valence-electron chi connectivity index (χ3n) is 2.84. The van der Waals surface area contributed by atoms with Crippen molar-refractivity contribution in [2.24, 2.45) is 0 Å². The predicted molar refractivity (Wildman–Crippen MR) is 75.6 cm³/mol. The van der Waals surface area contributed by atoms with Crippen molar-refractivity contribution in [3.05, 3.63) is 65.3 Å². The molecule has 1 N–H and O–H groups in total. The van der Waals surface area contributed by atoms with Crippen LogP contribution in [0, 0.1) is 5.82 Å².